The van der Waals surface area contributed by atoms with Crippen LogP contribution in [0.4, 0.5) is 8.78 Å². The number of hydrogen-bond acceptors (Lipinski definition) is 5. The van der Waals surface area contributed by atoms with Crippen LogP contribution in [0.25, 0.3) is 0 Å². The number of rotatable bonds is 11. The number of ether oxygens (including phenoxy) is 1. The lowest BCUT2D eigenvalue weighted by Gasteiger charge is -2.12. The molecule has 0 unspecified atom stereocenters. The summed E-state index contributed by atoms with van der Waals surface area (Å²) in [5.74, 6) is -0.595. The van der Waals surface area contributed by atoms with E-state index in [1.54, 1.807) is 12.1 Å². The van der Waals surface area contributed by atoms with Crippen LogP contribution in [0.15, 0.2) is 99.6 Å². The fraction of sp³-hybridized carbons (Fsp3) is 0.296. The highest BCUT2D eigenvalue weighted by molar-refractivity contribution is 7.97. The number of halogens is 2. The Bertz CT molecular complexity index is 1150. The second-order valence-electron chi connectivity index (χ2n) is 8.01. The van der Waals surface area contributed by atoms with Crippen molar-refractivity contribution < 1.29 is 36.4 Å². The molecule has 2 N–H and O–H groups in total. The number of unbranched alkanes of at least 4 members (excludes halogenated alkanes) is 3. The smallest absolute Gasteiger partial charge is 0.402 e. The molecule has 0 aliphatic rings. The maximum atomic E-state index is 12.6. The third-order valence-electron chi connectivity index (χ3n) is 5.04. The van der Waals surface area contributed by atoms with Crippen molar-refractivity contribution in [3.63, 3.8) is 0 Å². The number of carbonyl (C=O) groups is 1. The molecule has 0 amide bonds. The summed E-state index contributed by atoms with van der Waals surface area (Å²) in [6.07, 6.45) is 3.14. The average Bonchev–Trinajstić information content (AvgIpc) is 2.88. The molecule has 0 radical (unpaired) electrons. The molecule has 0 aliphatic heterocycles. The average molecular weight is 554 g/mol. The molecule has 3 aromatic carbocycles. The monoisotopic (exact) mass is 553 g/mol. The largest absolute Gasteiger partial charge is 0.508 e. The van der Waals surface area contributed by atoms with Crippen LogP contribution in [0, 0.1) is 0 Å². The van der Waals surface area contributed by atoms with Gasteiger partial charge in [-0.15, -0.1) is 0 Å². The third-order valence-corrected chi connectivity index (χ3v) is 8.15. The summed E-state index contributed by atoms with van der Waals surface area (Å²) in [4.78, 5) is 14.7. The summed E-state index contributed by atoms with van der Waals surface area (Å²) in [5.41, 5.74) is 0. The number of hydrogen-bond donors (Lipinski definition) is 2. The van der Waals surface area contributed by atoms with Crippen molar-refractivity contribution in [1.29, 1.82) is 0 Å². The van der Waals surface area contributed by atoms with Gasteiger partial charge in [-0.2, -0.15) is 17.2 Å². The second kappa shape index (κ2) is 14.7. The fourth-order valence-electron chi connectivity index (χ4n) is 3.11. The highest BCUT2D eigenvalue weighted by Gasteiger charge is 2.45. The Labute approximate surface area is 219 Å². The molecule has 3 rings (SSSR count). The van der Waals surface area contributed by atoms with Crippen molar-refractivity contribution >= 4 is 27.0 Å². The van der Waals surface area contributed by atoms with Gasteiger partial charge >= 0.3 is 21.3 Å². The van der Waals surface area contributed by atoms with Gasteiger partial charge in [0.1, 0.15) is 5.75 Å². The summed E-state index contributed by atoms with van der Waals surface area (Å²) < 4.78 is 57.8. The summed E-state index contributed by atoms with van der Waals surface area (Å²) in [6, 6.07) is 28.5. The summed E-state index contributed by atoms with van der Waals surface area (Å²) in [7, 11) is -5.67. The van der Waals surface area contributed by atoms with Gasteiger partial charge in [-0.1, -0.05) is 62.6 Å². The lowest BCUT2D eigenvalue weighted by atomic mass is 10.2. The Morgan fingerprint density at radius 1 is 0.838 bits per heavy atom. The van der Waals surface area contributed by atoms with E-state index >= 15 is 0 Å². The molecule has 0 fully saturated rings. The van der Waals surface area contributed by atoms with E-state index in [0.29, 0.717) is 12.2 Å². The van der Waals surface area contributed by atoms with Gasteiger partial charge in [0.2, 0.25) is 0 Å². The minimum absolute atomic E-state index is 0.0401. The van der Waals surface area contributed by atoms with Crippen LogP contribution in [-0.2, 0) is 30.5 Å². The minimum atomic E-state index is -5.54. The number of esters is 1. The van der Waals surface area contributed by atoms with Crippen molar-refractivity contribution in [1.82, 2.24) is 0 Å². The SMILES string of the molecule is CCCCCCC(=O)OCC(F)(F)S(=O)(=O)O.Oc1ccc([S+](c2ccccc2)c2ccccc2)cc1. The van der Waals surface area contributed by atoms with Gasteiger partial charge in [-0.3, -0.25) is 9.35 Å². The standard InChI is InChI=1S/C18H14OS.C9H16F2O5S/c19-15-11-13-18(14-12-15)20(16-7-3-1-4-8-16)17-9-5-2-6-10-17;1-2-3-4-5-6-8(12)16-7-9(10,11)17(13,14)15/h1-14H;2-7H2,1H3,(H,13,14,15)/p+1. The van der Waals surface area contributed by atoms with Crippen LogP contribution in [0.2, 0.25) is 0 Å². The predicted molar refractivity (Wildman–Crippen MR) is 139 cm³/mol. The number of alkyl halides is 2. The van der Waals surface area contributed by atoms with E-state index in [1.165, 1.54) is 14.7 Å². The van der Waals surface area contributed by atoms with E-state index in [-0.39, 0.29) is 17.3 Å². The first-order valence-electron chi connectivity index (χ1n) is 11.7. The molecule has 0 spiro atoms. The van der Waals surface area contributed by atoms with Gasteiger partial charge in [0.15, 0.2) is 21.3 Å². The molecular formula is C27H31F2O6S2+. The number of carbonyl (C=O) groups excluding carboxylic acids is 1. The third kappa shape index (κ3) is 10.1. The summed E-state index contributed by atoms with van der Waals surface area (Å²) >= 11 is 0. The minimum Gasteiger partial charge on any atom is -0.508 e. The Morgan fingerprint density at radius 3 is 1.78 bits per heavy atom. The lowest BCUT2D eigenvalue weighted by molar-refractivity contribution is -0.149. The van der Waals surface area contributed by atoms with E-state index in [0.717, 1.165) is 19.3 Å². The summed E-state index contributed by atoms with van der Waals surface area (Å²) in [5, 5.41) is 5.03. The van der Waals surface area contributed by atoms with Crippen molar-refractivity contribution in [2.24, 2.45) is 0 Å². The zero-order chi connectivity index (χ0) is 27.3. The van der Waals surface area contributed by atoms with Crippen LogP contribution in [0.5, 0.6) is 5.75 Å². The topological polar surface area (TPSA) is 101 Å². The Hall–Kier alpha value is -2.95. The first kappa shape index (κ1) is 30.3. The molecule has 0 aromatic heterocycles. The number of aromatic hydroxyl groups is 1. The van der Waals surface area contributed by atoms with Crippen molar-refractivity contribution in [2.45, 2.75) is 59.0 Å². The fourth-order valence-corrected chi connectivity index (χ4v) is 5.40. The highest BCUT2D eigenvalue weighted by Crippen LogP contribution is 2.31. The Morgan fingerprint density at radius 2 is 1.32 bits per heavy atom. The van der Waals surface area contributed by atoms with Crippen LogP contribution < -0.4 is 0 Å². The van der Waals surface area contributed by atoms with Crippen LogP contribution in [0.3, 0.4) is 0 Å². The lowest BCUT2D eigenvalue weighted by Crippen LogP contribution is -2.34. The molecule has 10 heteroatoms. The van der Waals surface area contributed by atoms with E-state index in [1.807, 2.05) is 31.2 Å². The molecule has 0 bridgehead atoms. The number of phenolic OH excluding ortho intramolecular Hbond substituents is 1. The van der Waals surface area contributed by atoms with Gasteiger partial charge in [0, 0.05) is 6.42 Å². The van der Waals surface area contributed by atoms with E-state index in [9.17, 15) is 27.1 Å². The molecule has 0 aliphatic carbocycles. The molecule has 0 atom stereocenters. The quantitative estimate of drug-likeness (QED) is 0.122. The Kier molecular flexibility index (Phi) is 12.0. The second-order valence-corrected chi connectivity index (χ2v) is 11.6. The van der Waals surface area contributed by atoms with Gasteiger partial charge in [-0.25, -0.2) is 0 Å². The molecule has 0 saturated heterocycles. The van der Waals surface area contributed by atoms with Crippen LogP contribution in [-0.4, -0.2) is 35.9 Å². The number of benzene rings is 3. The Balaban J connectivity index is 0.000000265. The first-order valence-corrected chi connectivity index (χ1v) is 14.4. The predicted octanol–water partition coefficient (Wildman–Crippen LogP) is 6.47. The molecule has 6 nitrogen and oxygen atoms in total. The molecule has 200 valence electrons. The number of phenols is 1. The molecule has 3 aromatic rings. The molecule has 37 heavy (non-hydrogen) atoms. The first-order chi connectivity index (χ1) is 17.5. The van der Waals surface area contributed by atoms with E-state index in [4.69, 9.17) is 4.55 Å². The van der Waals surface area contributed by atoms with Crippen molar-refractivity contribution in [2.75, 3.05) is 6.61 Å². The van der Waals surface area contributed by atoms with Crippen LogP contribution in [0.1, 0.15) is 39.0 Å². The normalized spacial score (nSPS) is 11.5. The zero-order valence-electron chi connectivity index (χ0n) is 20.4. The van der Waals surface area contributed by atoms with E-state index in [2.05, 4.69) is 53.3 Å². The van der Waals surface area contributed by atoms with Gasteiger partial charge in [-0.05, 0) is 55.0 Å². The maximum absolute atomic E-state index is 12.6. The highest BCUT2D eigenvalue weighted by atomic mass is 32.2. The van der Waals surface area contributed by atoms with Crippen molar-refractivity contribution in [3.8, 4) is 5.75 Å². The van der Waals surface area contributed by atoms with Gasteiger partial charge in [0.05, 0.1) is 10.9 Å². The van der Waals surface area contributed by atoms with E-state index < -0.39 is 27.9 Å². The van der Waals surface area contributed by atoms with Crippen molar-refractivity contribution in [3.05, 3.63) is 84.9 Å². The van der Waals surface area contributed by atoms with Crippen LogP contribution >= 0.6 is 0 Å². The van der Waals surface area contributed by atoms with Gasteiger partial charge in [0.25, 0.3) is 0 Å². The maximum Gasteiger partial charge on any atom is 0.402 e. The zero-order valence-corrected chi connectivity index (χ0v) is 22.1. The molecule has 0 heterocycles. The van der Waals surface area contributed by atoms with Gasteiger partial charge < -0.3 is 9.84 Å². The molecule has 0 saturated carbocycles. The summed E-state index contributed by atoms with van der Waals surface area (Å²) in [6.45, 7) is 0.323. The molecular weight excluding hydrogens is 522 g/mol.